The average Bonchev–Trinajstić information content (AvgIpc) is 3.26. The van der Waals surface area contributed by atoms with Crippen molar-refractivity contribution in [1.29, 1.82) is 0 Å². The number of hydrogen-bond acceptors (Lipinski definition) is 4. The van der Waals surface area contributed by atoms with Crippen molar-refractivity contribution in [3.05, 3.63) is 18.3 Å². The van der Waals surface area contributed by atoms with Gasteiger partial charge in [0.15, 0.2) is 0 Å². The van der Waals surface area contributed by atoms with E-state index < -0.39 is 0 Å². The molecule has 0 saturated heterocycles. The van der Waals surface area contributed by atoms with Gasteiger partial charge in [-0.1, -0.05) is 0 Å². The van der Waals surface area contributed by atoms with Gasteiger partial charge in [-0.25, -0.2) is 4.98 Å². The van der Waals surface area contributed by atoms with Crippen LogP contribution in [0.15, 0.2) is 18.3 Å². The lowest BCUT2D eigenvalue weighted by molar-refractivity contribution is -0.116. The number of amides is 1. The first-order valence-corrected chi connectivity index (χ1v) is 7.40. The van der Waals surface area contributed by atoms with Crippen molar-refractivity contribution in [3.8, 4) is 0 Å². The van der Waals surface area contributed by atoms with Crippen molar-refractivity contribution in [2.75, 3.05) is 23.3 Å². The van der Waals surface area contributed by atoms with Gasteiger partial charge in [-0.3, -0.25) is 4.79 Å². The number of carbonyl (C=O) groups is 1. The van der Waals surface area contributed by atoms with Gasteiger partial charge in [0.25, 0.3) is 0 Å². The van der Waals surface area contributed by atoms with E-state index >= 15 is 0 Å². The standard InChI is InChI=1S/C15H24N4O/c1-3-19(4-2)14-8-7-12(10-17-14)18-15(20)9-13(16)11-5-6-11/h7-8,10-11,13H,3-6,9,16H2,1-2H3,(H,18,20). The van der Waals surface area contributed by atoms with Crippen LogP contribution in [0.3, 0.4) is 0 Å². The zero-order chi connectivity index (χ0) is 14.5. The maximum absolute atomic E-state index is 11.9. The number of carbonyl (C=O) groups excluding carboxylic acids is 1. The molecule has 0 radical (unpaired) electrons. The highest BCUT2D eigenvalue weighted by molar-refractivity contribution is 5.91. The average molecular weight is 276 g/mol. The number of aromatic nitrogens is 1. The Balaban J connectivity index is 1.87. The lowest BCUT2D eigenvalue weighted by atomic mass is 10.1. The van der Waals surface area contributed by atoms with Crippen molar-refractivity contribution < 1.29 is 4.79 Å². The van der Waals surface area contributed by atoms with Crippen LogP contribution >= 0.6 is 0 Å². The summed E-state index contributed by atoms with van der Waals surface area (Å²) in [5.74, 6) is 1.45. The molecule has 5 heteroatoms. The maximum Gasteiger partial charge on any atom is 0.225 e. The van der Waals surface area contributed by atoms with Crippen LogP contribution in [-0.2, 0) is 4.79 Å². The highest BCUT2D eigenvalue weighted by Crippen LogP contribution is 2.32. The van der Waals surface area contributed by atoms with E-state index in [0.29, 0.717) is 12.3 Å². The molecule has 2 rings (SSSR count). The Bertz CT molecular complexity index is 438. The molecule has 1 heterocycles. The second kappa shape index (κ2) is 6.70. The molecule has 1 amide bonds. The fourth-order valence-electron chi connectivity index (χ4n) is 2.31. The predicted molar refractivity (Wildman–Crippen MR) is 81.7 cm³/mol. The van der Waals surface area contributed by atoms with E-state index in [2.05, 4.69) is 29.0 Å². The highest BCUT2D eigenvalue weighted by Gasteiger charge is 2.29. The minimum atomic E-state index is -0.0261. The fourth-order valence-corrected chi connectivity index (χ4v) is 2.31. The normalized spacial score (nSPS) is 15.8. The summed E-state index contributed by atoms with van der Waals surface area (Å²) in [5, 5.41) is 2.86. The Morgan fingerprint density at radius 2 is 2.15 bits per heavy atom. The van der Waals surface area contributed by atoms with Crippen LogP contribution < -0.4 is 16.0 Å². The number of nitrogens with zero attached hydrogens (tertiary/aromatic N) is 2. The van der Waals surface area contributed by atoms with Gasteiger partial charge in [-0.2, -0.15) is 0 Å². The van der Waals surface area contributed by atoms with E-state index in [-0.39, 0.29) is 11.9 Å². The van der Waals surface area contributed by atoms with Crippen LogP contribution in [-0.4, -0.2) is 30.0 Å². The second-order valence-corrected chi connectivity index (χ2v) is 5.33. The molecule has 0 spiro atoms. The molecule has 1 aromatic rings. The van der Waals surface area contributed by atoms with Gasteiger partial charge in [0.1, 0.15) is 5.82 Å². The first kappa shape index (κ1) is 14.8. The van der Waals surface area contributed by atoms with Crippen molar-refractivity contribution in [1.82, 2.24) is 4.98 Å². The van der Waals surface area contributed by atoms with E-state index in [1.165, 1.54) is 0 Å². The lowest BCUT2D eigenvalue weighted by Crippen LogP contribution is -2.29. The summed E-state index contributed by atoms with van der Waals surface area (Å²) in [5.41, 5.74) is 6.68. The van der Waals surface area contributed by atoms with E-state index in [1.54, 1.807) is 6.20 Å². The molecule has 3 N–H and O–H groups in total. The zero-order valence-electron chi connectivity index (χ0n) is 12.3. The third-order valence-corrected chi connectivity index (χ3v) is 3.77. The van der Waals surface area contributed by atoms with E-state index in [9.17, 15) is 4.79 Å². The molecule has 1 aromatic heterocycles. The highest BCUT2D eigenvalue weighted by atomic mass is 16.1. The van der Waals surface area contributed by atoms with Crippen molar-refractivity contribution in [3.63, 3.8) is 0 Å². The van der Waals surface area contributed by atoms with Gasteiger partial charge in [0.2, 0.25) is 5.91 Å². The first-order valence-electron chi connectivity index (χ1n) is 7.40. The summed E-state index contributed by atoms with van der Waals surface area (Å²) in [6.45, 7) is 6.04. The molecular formula is C15H24N4O. The third kappa shape index (κ3) is 3.93. The molecule has 0 aromatic carbocycles. The smallest absolute Gasteiger partial charge is 0.225 e. The molecule has 1 aliphatic rings. The summed E-state index contributed by atoms with van der Waals surface area (Å²) < 4.78 is 0. The summed E-state index contributed by atoms with van der Waals surface area (Å²) in [4.78, 5) is 18.4. The van der Waals surface area contributed by atoms with Gasteiger partial charge in [0.05, 0.1) is 11.9 Å². The van der Waals surface area contributed by atoms with Crippen LogP contribution in [0.2, 0.25) is 0 Å². The molecule has 110 valence electrons. The van der Waals surface area contributed by atoms with Gasteiger partial charge in [-0.05, 0) is 44.7 Å². The molecule has 1 fully saturated rings. The van der Waals surface area contributed by atoms with Crippen LogP contribution in [0.5, 0.6) is 0 Å². The van der Waals surface area contributed by atoms with Crippen LogP contribution in [0.1, 0.15) is 33.1 Å². The topological polar surface area (TPSA) is 71.2 Å². The molecule has 1 saturated carbocycles. The van der Waals surface area contributed by atoms with E-state index in [0.717, 1.165) is 37.4 Å². The zero-order valence-corrected chi connectivity index (χ0v) is 12.3. The second-order valence-electron chi connectivity index (χ2n) is 5.33. The van der Waals surface area contributed by atoms with Crippen molar-refractivity contribution in [2.24, 2.45) is 11.7 Å². The Labute approximate surface area is 120 Å². The minimum absolute atomic E-state index is 0.00194. The third-order valence-electron chi connectivity index (χ3n) is 3.77. The van der Waals surface area contributed by atoms with E-state index in [4.69, 9.17) is 5.73 Å². The molecule has 20 heavy (non-hydrogen) atoms. The molecule has 0 bridgehead atoms. The fraction of sp³-hybridized carbons (Fsp3) is 0.600. The van der Waals surface area contributed by atoms with Gasteiger partial charge in [-0.15, -0.1) is 0 Å². The number of hydrogen-bond donors (Lipinski definition) is 2. The molecule has 5 nitrogen and oxygen atoms in total. The predicted octanol–water partition coefficient (Wildman–Crippen LogP) is 1.99. The Morgan fingerprint density at radius 3 is 2.65 bits per heavy atom. The number of pyridine rings is 1. The van der Waals surface area contributed by atoms with Gasteiger partial charge >= 0.3 is 0 Å². The minimum Gasteiger partial charge on any atom is -0.357 e. The number of nitrogens with one attached hydrogen (secondary N) is 1. The van der Waals surface area contributed by atoms with Gasteiger partial charge < -0.3 is 16.0 Å². The number of nitrogens with two attached hydrogens (primary N) is 1. The Morgan fingerprint density at radius 1 is 1.45 bits per heavy atom. The number of rotatable bonds is 7. The van der Waals surface area contributed by atoms with Crippen LogP contribution in [0.4, 0.5) is 11.5 Å². The molecule has 1 atom stereocenters. The van der Waals surface area contributed by atoms with Gasteiger partial charge in [0, 0.05) is 25.6 Å². The van der Waals surface area contributed by atoms with Crippen molar-refractivity contribution >= 4 is 17.4 Å². The first-order chi connectivity index (χ1) is 9.63. The Kier molecular flexibility index (Phi) is 4.95. The summed E-state index contributed by atoms with van der Waals surface area (Å²) in [6.07, 6.45) is 4.42. The molecular weight excluding hydrogens is 252 g/mol. The van der Waals surface area contributed by atoms with Crippen LogP contribution in [0.25, 0.3) is 0 Å². The van der Waals surface area contributed by atoms with Crippen molar-refractivity contribution in [2.45, 2.75) is 39.2 Å². The van der Waals surface area contributed by atoms with Crippen LogP contribution in [0, 0.1) is 5.92 Å². The summed E-state index contributed by atoms with van der Waals surface area (Å²) in [6, 6.07) is 3.82. The largest absolute Gasteiger partial charge is 0.357 e. The van der Waals surface area contributed by atoms with E-state index in [1.807, 2.05) is 12.1 Å². The molecule has 1 unspecified atom stereocenters. The number of anilines is 2. The quantitative estimate of drug-likeness (QED) is 0.799. The SMILES string of the molecule is CCN(CC)c1ccc(NC(=O)CC(N)C2CC2)cn1. The molecule has 0 aliphatic heterocycles. The Hall–Kier alpha value is -1.62. The summed E-state index contributed by atoms with van der Waals surface area (Å²) in [7, 11) is 0. The molecule has 1 aliphatic carbocycles. The lowest BCUT2D eigenvalue weighted by Gasteiger charge is -2.19. The maximum atomic E-state index is 11.9. The summed E-state index contributed by atoms with van der Waals surface area (Å²) >= 11 is 0. The monoisotopic (exact) mass is 276 g/mol.